The molecule has 31 heavy (non-hydrogen) atoms. The molecule has 0 aliphatic carbocycles. The molecule has 0 fully saturated rings. The van der Waals surface area contributed by atoms with Gasteiger partial charge in [-0.2, -0.15) is 0 Å². The molecule has 168 valence electrons. The van der Waals surface area contributed by atoms with Crippen molar-refractivity contribution in [2.45, 2.75) is 45.1 Å². The largest absolute Gasteiger partial charge is 0.441 e. The summed E-state index contributed by atoms with van der Waals surface area (Å²) in [4.78, 5) is 16.4. The predicted octanol–water partition coefficient (Wildman–Crippen LogP) is 5.45. The highest BCUT2D eigenvalue weighted by Crippen LogP contribution is 2.20. The Morgan fingerprint density at radius 2 is 1.68 bits per heavy atom. The highest BCUT2D eigenvalue weighted by Gasteiger charge is 2.10. The standard InChI is InChI=1S/C24H29N3O2.2ClH/c1-17(2)18-11-13-19(14-12-18)21(25)15-26-23(28)9-6-10-24-27-16-22(29-24)20-7-4-3-5-8-20;;/h3-5,7-8,11-14,16-17,21H,6,9-10,15,25H2,1-2H3,(H,26,28);2*1H. The van der Waals surface area contributed by atoms with Crippen molar-refractivity contribution in [1.29, 1.82) is 0 Å². The molecule has 0 saturated carbocycles. The molecule has 1 unspecified atom stereocenters. The zero-order chi connectivity index (χ0) is 20.6. The Balaban J connectivity index is 0.00000240. The van der Waals surface area contributed by atoms with Gasteiger partial charge in [0.05, 0.1) is 6.20 Å². The van der Waals surface area contributed by atoms with Crippen molar-refractivity contribution < 1.29 is 9.21 Å². The molecule has 1 aromatic heterocycles. The number of benzene rings is 2. The summed E-state index contributed by atoms with van der Waals surface area (Å²) in [5.74, 6) is 1.89. The molecule has 1 amide bonds. The van der Waals surface area contributed by atoms with Crippen LogP contribution in [-0.2, 0) is 11.2 Å². The topological polar surface area (TPSA) is 81.1 Å². The first-order valence-corrected chi connectivity index (χ1v) is 10.1. The molecule has 0 radical (unpaired) electrons. The highest BCUT2D eigenvalue weighted by molar-refractivity contribution is 5.85. The SMILES string of the molecule is CC(C)c1ccc(C(N)CNC(=O)CCCc2ncc(-c3ccccc3)o2)cc1.Cl.Cl. The minimum absolute atomic E-state index is 0. The molecule has 5 nitrogen and oxygen atoms in total. The second-order valence-electron chi connectivity index (χ2n) is 7.57. The Bertz CT molecular complexity index is 912. The summed E-state index contributed by atoms with van der Waals surface area (Å²) in [5, 5.41) is 2.92. The van der Waals surface area contributed by atoms with E-state index < -0.39 is 0 Å². The summed E-state index contributed by atoms with van der Waals surface area (Å²) < 4.78 is 5.77. The van der Waals surface area contributed by atoms with E-state index in [0.29, 0.717) is 37.6 Å². The fourth-order valence-electron chi connectivity index (χ4n) is 3.12. The van der Waals surface area contributed by atoms with Crippen molar-refractivity contribution in [2.24, 2.45) is 5.73 Å². The van der Waals surface area contributed by atoms with Gasteiger partial charge in [-0.05, 0) is 23.5 Å². The van der Waals surface area contributed by atoms with Crippen molar-refractivity contribution in [3.05, 3.63) is 77.8 Å². The van der Waals surface area contributed by atoms with Crippen LogP contribution in [0.1, 0.15) is 55.7 Å². The predicted molar refractivity (Wildman–Crippen MR) is 130 cm³/mol. The van der Waals surface area contributed by atoms with E-state index >= 15 is 0 Å². The van der Waals surface area contributed by atoms with Crippen molar-refractivity contribution in [3.63, 3.8) is 0 Å². The van der Waals surface area contributed by atoms with Gasteiger partial charge in [0.15, 0.2) is 11.7 Å². The third kappa shape index (κ3) is 8.02. The summed E-state index contributed by atoms with van der Waals surface area (Å²) >= 11 is 0. The summed E-state index contributed by atoms with van der Waals surface area (Å²) in [6.07, 6.45) is 3.46. The average molecular weight is 464 g/mol. The van der Waals surface area contributed by atoms with E-state index in [4.69, 9.17) is 10.2 Å². The maximum Gasteiger partial charge on any atom is 0.220 e. The zero-order valence-corrected chi connectivity index (χ0v) is 19.5. The van der Waals surface area contributed by atoms with E-state index in [1.807, 2.05) is 42.5 Å². The maximum absolute atomic E-state index is 12.1. The number of nitrogens with two attached hydrogens (primary N) is 1. The first kappa shape index (κ1) is 26.7. The second-order valence-corrected chi connectivity index (χ2v) is 7.57. The molecule has 0 saturated heterocycles. The Labute approximate surface area is 196 Å². The molecule has 1 atom stereocenters. The van der Waals surface area contributed by atoms with Crippen molar-refractivity contribution in [3.8, 4) is 11.3 Å². The van der Waals surface area contributed by atoms with Crippen LogP contribution in [0.4, 0.5) is 0 Å². The first-order chi connectivity index (χ1) is 14.0. The molecule has 0 bridgehead atoms. The number of hydrogen-bond acceptors (Lipinski definition) is 4. The molecule has 0 aliphatic rings. The lowest BCUT2D eigenvalue weighted by molar-refractivity contribution is -0.121. The van der Waals surface area contributed by atoms with Crippen molar-refractivity contribution in [2.75, 3.05) is 6.54 Å². The normalized spacial score (nSPS) is 11.4. The lowest BCUT2D eigenvalue weighted by Crippen LogP contribution is -2.31. The smallest absolute Gasteiger partial charge is 0.220 e. The Kier molecular flexibility index (Phi) is 11.3. The third-order valence-corrected chi connectivity index (χ3v) is 4.96. The highest BCUT2D eigenvalue weighted by atomic mass is 35.5. The molecular weight excluding hydrogens is 433 g/mol. The lowest BCUT2D eigenvalue weighted by atomic mass is 9.99. The Hall–Kier alpha value is -2.34. The number of aromatic nitrogens is 1. The molecule has 1 heterocycles. The maximum atomic E-state index is 12.1. The van der Waals surface area contributed by atoms with Crippen molar-refractivity contribution >= 4 is 30.7 Å². The van der Waals surface area contributed by atoms with E-state index in [1.165, 1.54) is 5.56 Å². The van der Waals surface area contributed by atoms with Crippen molar-refractivity contribution in [1.82, 2.24) is 10.3 Å². The number of hydrogen-bond donors (Lipinski definition) is 2. The molecule has 3 N–H and O–H groups in total. The van der Waals surface area contributed by atoms with Gasteiger partial charge in [0.25, 0.3) is 0 Å². The molecule has 2 aromatic carbocycles. The van der Waals surface area contributed by atoms with Crippen LogP contribution in [0.3, 0.4) is 0 Å². The zero-order valence-electron chi connectivity index (χ0n) is 17.9. The minimum Gasteiger partial charge on any atom is -0.441 e. The number of carbonyl (C=O) groups is 1. The van der Waals surface area contributed by atoms with E-state index in [9.17, 15) is 4.79 Å². The van der Waals surface area contributed by atoms with Gasteiger partial charge in [-0.1, -0.05) is 68.4 Å². The van der Waals surface area contributed by atoms with E-state index in [2.05, 4.69) is 36.3 Å². The van der Waals surface area contributed by atoms with Crippen LogP contribution >= 0.6 is 24.8 Å². The molecule has 0 aliphatic heterocycles. The molecule has 3 rings (SSSR count). The molecule has 7 heteroatoms. The number of nitrogens with zero attached hydrogens (tertiary/aromatic N) is 1. The van der Waals surface area contributed by atoms with E-state index in [0.717, 1.165) is 16.9 Å². The molecule has 0 spiro atoms. The number of oxazole rings is 1. The number of carbonyl (C=O) groups excluding carboxylic acids is 1. The van der Waals surface area contributed by atoms with E-state index in [1.54, 1.807) is 6.20 Å². The number of halogens is 2. The number of nitrogens with one attached hydrogen (secondary N) is 1. The second kappa shape index (κ2) is 13.2. The summed E-state index contributed by atoms with van der Waals surface area (Å²) in [6, 6.07) is 17.9. The monoisotopic (exact) mass is 463 g/mol. The minimum atomic E-state index is -0.208. The van der Waals surface area contributed by atoms with Gasteiger partial charge in [0.2, 0.25) is 5.91 Å². The van der Waals surface area contributed by atoms with Crippen LogP contribution in [0.5, 0.6) is 0 Å². The molecular formula is C24H31Cl2N3O2. The number of aryl methyl sites for hydroxylation is 1. The number of amides is 1. The third-order valence-electron chi connectivity index (χ3n) is 4.96. The van der Waals surface area contributed by atoms with E-state index in [-0.39, 0.29) is 36.8 Å². The van der Waals surface area contributed by atoms with Gasteiger partial charge in [0, 0.05) is 31.0 Å². The van der Waals surface area contributed by atoms with Gasteiger partial charge in [-0.3, -0.25) is 4.79 Å². The first-order valence-electron chi connectivity index (χ1n) is 10.1. The molecule has 3 aromatic rings. The van der Waals surface area contributed by atoms with Crippen LogP contribution in [0.25, 0.3) is 11.3 Å². The fourth-order valence-corrected chi connectivity index (χ4v) is 3.12. The van der Waals surface area contributed by atoms with Crippen LogP contribution in [0.15, 0.2) is 65.2 Å². The van der Waals surface area contributed by atoms with Crippen LogP contribution < -0.4 is 11.1 Å². The summed E-state index contributed by atoms with van der Waals surface area (Å²) in [6.45, 7) is 4.75. The van der Waals surface area contributed by atoms with Gasteiger partial charge < -0.3 is 15.5 Å². The fraction of sp³-hybridized carbons (Fsp3) is 0.333. The van der Waals surface area contributed by atoms with Gasteiger partial charge in [-0.15, -0.1) is 24.8 Å². The quantitative estimate of drug-likeness (QED) is 0.442. The van der Waals surface area contributed by atoms with Gasteiger partial charge in [-0.25, -0.2) is 4.98 Å². The van der Waals surface area contributed by atoms with Crippen LogP contribution in [-0.4, -0.2) is 17.4 Å². The Morgan fingerprint density at radius 1 is 1.03 bits per heavy atom. The van der Waals surface area contributed by atoms with Gasteiger partial charge in [0.1, 0.15) is 0 Å². The lowest BCUT2D eigenvalue weighted by Gasteiger charge is -2.14. The van der Waals surface area contributed by atoms with Gasteiger partial charge >= 0.3 is 0 Å². The average Bonchev–Trinajstić information content (AvgIpc) is 3.21. The van der Waals surface area contributed by atoms with Crippen LogP contribution in [0.2, 0.25) is 0 Å². The van der Waals surface area contributed by atoms with Crippen LogP contribution in [0, 0.1) is 0 Å². The summed E-state index contributed by atoms with van der Waals surface area (Å²) in [5.41, 5.74) is 9.52. The number of rotatable bonds is 9. The Morgan fingerprint density at radius 3 is 2.32 bits per heavy atom. The summed E-state index contributed by atoms with van der Waals surface area (Å²) in [7, 11) is 0.